The molecule has 5 heteroatoms. The van der Waals surface area contributed by atoms with Crippen molar-refractivity contribution in [3.05, 3.63) is 96.1 Å². The van der Waals surface area contributed by atoms with Gasteiger partial charge in [0.1, 0.15) is 5.78 Å². The first-order valence-corrected chi connectivity index (χ1v) is 13.7. The van der Waals surface area contributed by atoms with Gasteiger partial charge >= 0.3 is 0 Å². The summed E-state index contributed by atoms with van der Waals surface area (Å²) in [5.41, 5.74) is 5.79. The number of nitrogens with one attached hydrogen (secondary N) is 2. The second-order valence-electron chi connectivity index (χ2n) is 10.1. The van der Waals surface area contributed by atoms with E-state index in [1.165, 1.54) is 16.5 Å². The Morgan fingerprint density at radius 2 is 1.55 bits per heavy atom. The molecule has 5 nitrogen and oxygen atoms in total. The molecule has 0 aliphatic rings. The highest BCUT2D eigenvalue weighted by Crippen LogP contribution is 2.30. The smallest absolute Gasteiger partial charge is 0.237 e. The predicted molar refractivity (Wildman–Crippen MR) is 156 cm³/mol. The fourth-order valence-corrected chi connectivity index (χ4v) is 5.16. The van der Waals surface area contributed by atoms with Gasteiger partial charge in [-0.3, -0.25) is 9.69 Å². The minimum atomic E-state index is -0.218. The van der Waals surface area contributed by atoms with E-state index in [1.54, 1.807) is 6.92 Å². The van der Waals surface area contributed by atoms with Crippen molar-refractivity contribution in [1.82, 2.24) is 15.2 Å². The van der Waals surface area contributed by atoms with E-state index < -0.39 is 0 Å². The number of benzene rings is 3. The van der Waals surface area contributed by atoms with Crippen molar-refractivity contribution in [1.29, 1.82) is 0 Å². The number of fused-ring (bicyclic) bond motifs is 1. The van der Waals surface area contributed by atoms with Gasteiger partial charge in [0.05, 0.1) is 6.04 Å². The lowest BCUT2D eigenvalue weighted by Gasteiger charge is -2.27. The predicted octanol–water partition coefficient (Wildman–Crippen LogP) is 6.53. The molecule has 1 heterocycles. The van der Waals surface area contributed by atoms with E-state index >= 15 is 0 Å². The normalized spacial score (nSPS) is 12.1. The summed E-state index contributed by atoms with van der Waals surface area (Å²) in [5.74, 6) is 0.295. The maximum Gasteiger partial charge on any atom is 0.237 e. The van der Waals surface area contributed by atoms with Crippen LogP contribution in [0.2, 0.25) is 0 Å². The van der Waals surface area contributed by atoms with Crippen molar-refractivity contribution in [2.75, 3.05) is 13.6 Å². The number of para-hydroxylation sites is 1. The molecule has 0 unspecified atom stereocenters. The van der Waals surface area contributed by atoms with Crippen LogP contribution in [0.25, 0.3) is 22.2 Å². The van der Waals surface area contributed by atoms with Crippen molar-refractivity contribution >= 4 is 22.6 Å². The molecule has 3 aromatic carbocycles. The number of unbranched alkanes of at least 4 members (excludes halogenated alkanes) is 2. The van der Waals surface area contributed by atoms with Crippen molar-refractivity contribution in [2.45, 2.75) is 58.0 Å². The quantitative estimate of drug-likeness (QED) is 0.190. The Bertz CT molecular complexity index is 1310. The van der Waals surface area contributed by atoms with Crippen LogP contribution in [0.15, 0.2) is 84.9 Å². The highest BCUT2D eigenvalue weighted by atomic mass is 16.2. The third-order valence-electron chi connectivity index (χ3n) is 7.17. The van der Waals surface area contributed by atoms with E-state index in [0.29, 0.717) is 19.5 Å². The lowest BCUT2D eigenvalue weighted by Crippen LogP contribution is -2.45. The van der Waals surface area contributed by atoms with Crippen LogP contribution < -0.4 is 5.32 Å². The summed E-state index contributed by atoms with van der Waals surface area (Å²) in [6.07, 6.45) is 4.90. The monoisotopic (exact) mass is 509 g/mol. The molecular weight excluding hydrogens is 470 g/mol. The van der Waals surface area contributed by atoms with Gasteiger partial charge in [-0.15, -0.1) is 0 Å². The van der Waals surface area contributed by atoms with Gasteiger partial charge in [-0.25, -0.2) is 0 Å². The van der Waals surface area contributed by atoms with E-state index in [0.717, 1.165) is 48.9 Å². The Morgan fingerprint density at radius 3 is 2.29 bits per heavy atom. The topological polar surface area (TPSA) is 65.2 Å². The van der Waals surface area contributed by atoms with Crippen LogP contribution in [0, 0.1) is 0 Å². The zero-order valence-corrected chi connectivity index (χ0v) is 22.6. The maximum absolute atomic E-state index is 13.5. The van der Waals surface area contributed by atoms with Crippen LogP contribution in [0.1, 0.15) is 50.2 Å². The van der Waals surface area contributed by atoms with Crippen LogP contribution in [-0.4, -0.2) is 41.2 Å². The summed E-state index contributed by atoms with van der Waals surface area (Å²) in [5, 5.41) is 4.44. The minimum absolute atomic E-state index is 0.0658. The number of rotatable bonds is 14. The Hall–Kier alpha value is -3.70. The highest BCUT2D eigenvalue weighted by molar-refractivity contribution is 5.91. The molecule has 0 aliphatic carbocycles. The summed E-state index contributed by atoms with van der Waals surface area (Å²) in [6.45, 7) is 2.92. The number of aromatic nitrogens is 1. The number of likely N-dealkylation sites (N-methyl/N-ethyl adjacent to an activating group) is 1. The first-order chi connectivity index (χ1) is 18.5. The van der Waals surface area contributed by atoms with Gasteiger partial charge in [0, 0.05) is 36.1 Å². The summed E-state index contributed by atoms with van der Waals surface area (Å²) >= 11 is 0. The van der Waals surface area contributed by atoms with Crippen LogP contribution in [0.3, 0.4) is 0 Å². The van der Waals surface area contributed by atoms with E-state index in [9.17, 15) is 9.59 Å². The molecule has 198 valence electrons. The highest BCUT2D eigenvalue weighted by Gasteiger charge is 2.23. The molecule has 0 saturated heterocycles. The van der Waals surface area contributed by atoms with Crippen LogP contribution in [0.4, 0.5) is 0 Å². The van der Waals surface area contributed by atoms with E-state index in [1.807, 2.05) is 37.4 Å². The van der Waals surface area contributed by atoms with Gasteiger partial charge in [-0.05, 0) is 56.0 Å². The molecule has 38 heavy (non-hydrogen) atoms. The van der Waals surface area contributed by atoms with Gasteiger partial charge in [0.15, 0.2) is 0 Å². The molecule has 0 saturated carbocycles. The second kappa shape index (κ2) is 13.7. The van der Waals surface area contributed by atoms with Crippen molar-refractivity contribution in [2.24, 2.45) is 0 Å². The zero-order valence-electron chi connectivity index (χ0n) is 22.6. The van der Waals surface area contributed by atoms with Crippen molar-refractivity contribution in [3.63, 3.8) is 0 Å². The van der Waals surface area contributed by atoms with Gasteiger partial charge < -0.3 is 15.1 Å². The lowest BCUT2D eigenvalue weighted by atomic mass is 10.0. The fraction of sp³-hybridized carbons (Fsp3) is 0.333. The number of H-pyrrole nitrogens is 1. The van der Waals surface area contributed by atoms with Crippen molar-refractivity contribution < 1.29 is 9.59 Å². The van der Waals surface area contributed by atoms with E-state index in [-0.39, 0.29) is 17.7 Å². The van der Waals surface area contributed by atoms with E-state index in [4.69, 9.17) is 0 Å². The number of hydrogen-bond acceptors (Lipinski definition) is 3. The Labute approximate surface area is 226 Å². The third-order valence-corrected chi connectivity index (χ3v) is 7.17. The van der Waals surface area contributed by atoms with Gasteiger partial charge in [-0.1, -0.05) is 91.7 Å². The molecule has 1 atom stereocenters. The Kier molecular flexibility index (Phi) is 9.88. The number of nitrogens with zero attached hydrogens (tertiary/aromatic N) is 1. The lowest BCUT2D eigenvalue weighted by molar-refractivity contribution is -0.126. The number of hydrogen-bond donors (Lipinski definition) is 2. The molecular formula is C33H39N3O2. The first kappa shape index (κ1) is 27.3. The first-order valence-electron chi connectivity index (χ1n) is 13.7. The molecule has 4 aromatic rings. The molecule has 2 N–H and O–H groups in total. The van der Waals surface area contributed by atoms with E-state index in [2.05, 4.69) is 69.8 Å². The average Bonchev–Trinajstić information content (AvgIpc) is 3.30. The summed E-state index contributed by atoms with van der Waals surface area (Å²) in [6, 6.07) is 28.8. The number of carbonyl (C=O) groups is 2. The standard InChI is InChI=1S/C33H39N3O2/c1-25(37)14-6-3-11-21-31(36(2)24-26-15-7-4-8-16-26)33(38)34-23-22-29-28-19-12-13-20-30(28)35-32(29)27-17-9-5-10-18-27/h4-5,7-10,12-13,15-20,31,35H,3,6,11,14,21-24H2,1-2H3,(H,34,38)/t31-/m0/s1. The Morgan fingerprint density at radius 1 is 0.868 bits per heavy atom. The summed E-state index contributed by atoms with van der Waals surface area (Å²) in [4.78, 5) is 30.5. The van der Waals surface area contributed by atoms with Gasteiger partial charge in [-0.2, -0.15) is 0 Å². The molecule has 1 aromatic heterocycles. The largest absolute Gasteiger partial charge is 0.354 e. The summed E-state index contributed by atoms with van der Waals surface area (Å²) < 4.78 is 0. The van der Waals surface area contributed by atoms with Crippen LogP contribution >= 0.6 is 0 Å². The minimum Gasteiger partial charge on any atom is -0.354 e. The number of aromatic amines is 1. The Balaban J connectivity index is 1.43. The molecule has 4 rings (SSSR count). The van der Waals surface area contributed by atoms with Crippen LogP contribution in [0.5, 0.6) is 0 Å². The molecule has 0 fully saturated rings. The number of ketones is 1. The fourth-order valence-electron chi connectivity index (χ4n) is 5.16. The number of carbonyl (C=O) groups excluding carboxylic acids is 2. The number of amides is 1. The van der Waals surface area contributed by atoms with Crippen molar-refractivity contribution in [3.8, 4) is 11.3 Å². The van der Waals surface area contributed by atoms with Gasteiger partial charge in [0.2, 0.25) is 5.91 Å². The molecule has 0 radical (unpaired) electrons. The average molecular weight is 510 g/mol. The molecule has 1 amide bonds. The maximum atomic E-state index is 13.5. The number of Topliss-reactive ketones (excluding diaryl/α,β-unsaturated/α-hetero) is 1. The van der Waals surface area contributed by atoms with Crippen LogP contribution in [-0.2, 0) is 22.6 Å². The molecule has 0 bridgehead atoms. The molecule has 0 spiro atoms. The third kappa shape index (κ3) is 7.42. The molecule has 0 aliphatic heterocycles. The SMILES string of the molecule is CC(=O)CCCCC[C@@H](C(=O)NCCc1c(-c2ccccc2)[nH]c2ccccc12)N(C)Cc1ccccc1. The summed E-state index contributed by atoms with van der Waals surface area (Å²) in [7, 11) is 2.03. The van der Waals surface area contributed by atoms with Gasteiger partial charge in [0.25, 0.3) is 0 Å². The second-order valence-corrected chi connectivity index (χ2v) is 10.1. The zero-order chi connectivity index (χ0) is 26.7.